The first-order valence-corrected chi connectivity index (χ1v) is 8.12. The Morgan fingerprint density at radius 2 is 2.00 bits per heavy atom. The maximum absolute atomic E-state index is 11.6. The monoisotopic (exact) mass is 258 g/mol. The summed E-state index contributed by atoms with van der Waals surface area (Å²) in [5.74, 6) is 0.523. The zero-order valence-electron chi connectivity index (χ0n) is 10.7. The molecule has 0 amide bonds. The van der Waals surface area contributed by atoms with Crippen molar-refractivity contribution >= 4 is 9.84 Å². The molecule has 1 rings (SSSR count). The molecule has 0 spiro atoms. The number of aromatic nitrogens is 2. The summed E-state index contributed by atoms with van der Waals surface area (Å²) in [6.07, 6.45) is 5.21. The summed E-state index contributed by atoms with van der Waals surface area (Å²) in [6, 6.07) is 1.91. The molecule has 0 aliphatic heterocycles. The van der Waals surface area contributed by atoms with Crippen LogP contribution in [-0.2, 0) is 22.8 Å². The molecule has 0 N–H and O–H groups in total. The van der Waals surface area contributed by atoms with Crippen LogP contribution in [0.5, 0.6) is 0 Å². The van der Waals surface area contributed by atoms with Crippen LogP contribution in [-0.4, -0.2) is 29.7 Å². The van der Waals surface area contributed by atoms with E-state index in [1.807, 2.05) is 17.7 Å². The van der Waals surface area contributed by atoms with Gasteiger partial charge in [-0.3, -0.25) is 4.68 Å². The SMILES string of the molecule is CCCCn1nccc1CCS(=O)(=O)CCC. The van der Waals surface area contributed by atoms with Crippen molar-refractivity contribution in [3.05, 3.63) is 18.0 Å². The zero-order valence-corrected chi connectivity index (χ0v) is 11.5. The van der Waals surface area contributed by atoms with Crippen LogP contribution in [0.25, 0.3) is 0 Å². The summed E-state index contributed by atoms with van der Waals surface area (Å²) < 4.78 is 25.2. The quantitative estimate of drug-likeness (QED) is 0.717. The van der Waals surface area contributed by atoms with Crippen LogP contribution in [0.15, 0.2) is 12.3 Å². The summed E-state index contributed by atoms with van der Waals surface area (Å²) in [7, 11) is -2.89. The summed E-state index contributed by atoms with van der Waals surface area (Å²) in [4.78, 5) is 0. The average molecular weight is 258 g/mol. The second-order valence-electron chi connectivity index (χ2n) is 4.30. The number of nitrogens with zero attached hydrogens (tertiary/aromatic N) is 2. The van der Waals surface area contributed by atoms with Gasteiger partial charge in [-0.05, 0) is 18.9 Å². The highest BCUT2D eigenvalue weighted by atomic mass is 32.2. The molecule has 1 heterocycles. The van der Waals surface area contributed by atoms with Gasteiger partial charge < -0.3 is 0 Å². The van der Waals surface area contributed by atoms with Crippen molar-refractivity contribution in [3.8, 4) is 0 Å². The van der Waals surface area contributed by atoms with Crippen molar-refractivity contribution in [2.24, 2.45) is 0 Å². The smallest absolute Gasteiger partial charge is 0.150 e. The minimum atomic E-state index is -2.89. The topological polar surface area (TPSA) is 52.0 Å². The van der Waals surface area contributed by atoms with Crippen LogP contribution < -0.4 is 0 Å². The van der Waals surface area contributed by atoms with Crippen molar-refractivity contribution in [1.82, 2.24) is 9.78 Å². The Hall–Kier alpha value is -0.840. The van der Waals surface area contributed by atoms with E-state index in [9.17, 15) is 8.42 Å². The normalized spacial score (nSPS) is 11.9. The molecule has 0 bridgehead atoms. The maximum Gasteiger partial charge on any atom is 0.150 e. The molecule has 0 aliphatic carbocycles. The van der Waals surface area contributed by atoms with Crippen LogP contribution in [0.1, 0.15) is 38.8 Å². The van der Waals surface area contributed by atoms with Crippen LogP contribution in [0, 0.1) is 0 Å². The molecule has 0 saturated carbocycles. The van der Waals surface area contributed by atoms with Gasteiger partial charge in [-0.1, -0.05) is 20.3 Å². The van der Waals surface area contributed by atoms with E-state index in [0.29, 0.717) is 12.8 Å². The van der Waals surface area contributed by atoms with Crippen LogP contribution in [0.4, 0.5) is 0 Å². The van der Waals surface area contributed by atoms with E-state index < -0.39 is 9.84 Å². The number of unbranched alkanes of at least 4 members (excludes halogenated alkanes) is 1. The molecule has 0 atom stereocenters. The predicted molar refractivity (Wildman–Crippen MR) is 69.8 cm³/mol. The Bertz CT molecular complexity index is 423. The molecule has 0 aromatic carbocycles. The zero-order chi connectivity index (χ0) is 12.7. The van der Waals surface area contributed by atoms with Crippen LogP contribution in [0.2, 0.25) is 0 Å². The van der Waals surface area contributed by atoms with E-state index >= 15 is 0 Å². The summed E-state index contributed by atoms with van der Waals surface area (Å²) in [5.41, 5.74) is 1.03. The second-order valence-corrected chi connectivity index (χ2v) is 6.60. The highest BCUT2D eigenvalue weighted by Gasteiger charge is 2.11. The van der Waals surface area contributed by atoms with E-state index in [4.69, 9.17) is 0 Å². The highest BCUT2D eigenvalue weighted by molar-refractivity contribution is 7.91. The molecule has 98 valence electrons. The van der Waals surface area contributed by atoms with Gasteiger partial charge in [0.05, 0.1) is 5.75 Å². The van der Waals surface area contributed by atoms with E-state index in [0.717, 1.165) is 25.1 Å². The maximum atomic E-state index is 11.6. The van der Waals surface area contributed by atoms with E-state index in [1.54, 1.807) is 6.20 Å². The first-order valence-electron chi connectivity index (χ1n) is 6.30. The van der Waals surface area contributed by atoms with Crippen molar-refractivity contribution < 1.29 is 8.42 Å². The van der Waals surface area contributed by atoms with E-state index in [-0.39, 0.29) is 11.5 Å². The summed E-state index contributed by atoms with van der Waals surface area (Å²) >= 11 is 0. The lowest BCUT2D eigenvalue weighted by atomic mass is 10.3. The van der Waals surface area contributed by atoms with Crippen molar-refractivity contribution in [3.63, 3.8) is 0 Å². The van der Waals surface area contributed by atoms with Gasteiger partial charge in [0.2, 0.25) is 0 Å². The largest absolute Gasteiger partial charge is 0.270 e. The predicted octanol–water partition coefficient (Wildman–Crippen LogP) is 2.05. The standard InChI is InChI=1S/C12H22N2O2S/c1-3-5-9-14-12(6-8-13-14)7-11-17(15,16)10-4-2/h6,8H,3-5,7,9-11H2,1-2H3. The van der Waals surface area contributed by atoms with Gasteiger partial charge >= 0.3 is 0 Å². The summed E-state index contributed by atoms with van der Waals surface area (Å²) in [5, 5.41) is 4.22. The fourth-order valence-electron chi connectivity index (χ4n) is 1.75. The van der Waals surface area contributed by atoms with Crippen molar-refractivity contribution in [1.29, 1.82) is 0 Å². The Balaban J connectivity index is 2.54. The molecule has 0 aliphatic rings. The highest BCUT2D eigenvalue weighted by Crippen LogP contribution is 2.05. The third-order valence-electron chi connectivity index (χ3n) is 2.71. The number of rotatable bonds is 8. The molecule has 0 saturated heterocycles. The molecule has 1 aromatic heterocycles. The van der Waals surface area contributed by atoms with E-state index in [2.05, 4.69) is 12.0 Å². The fourth-order valence-corrected chi connectivity index (χ4v) is 3.10. The molecule has 0 radical (unpaired) electrons. The van der Waals surface area contributed by atoms with Crippen molar-refractivity contribution in [2.75, 3.05) is 11.5 Å². The lowest BCUT2D eigenvalue weighted by Gasteiger charge is -2.07. The molecule has 4 nitrogen and oxygen atoms in total. The van der Waals surface area contributed by atoms with Gasteiger partial charge in [0.25, 0.3) is 0 Å². The van der Waals surface area contributed by atoms with Crippen LogP contribution in [0.3, 0.4) is 0 Å². The molecular weight excluding hydrogens is 236 g/mol. The number of hydrogen-bond donors (Lipinski definition) is 0. The van der Waals surface area contributed by atoms with Gasteiger partial charge in [-0.25, -0.2) is 8.42 Å². The summed E-state index contributed by atoms with van der Waals surface area (Å²) in [6.45, 7) is 4.91. The van der Waals surface area contributed by atoms with Gasteiger partial charge in [0, 0.05) is 30.6 Å². The third-order valence-corrected chi connectivity index (χ3v) is 4.57. The molecule has 0 unspecified atom stereocenters. The third kappa shape index (κ3) is 4.89. The average Bonchev–Trinajstić information content (AvgIpc) is 2.71. The number of sulfone groups is 1. The molecule has 5 heteroatoms. The molecule has 0 fully saturated rings. The van der Waals surface area contributed by atoms with Gasteiger partial charge in [-0.2, -0.15) is 5.10 Å². The Kier molecular flexibility index (Phi) is 5.68. The first-order chi connectivity index (χ1) is 8.09. The lowest BCUT2D eigenvalue weighted by molar-refractivity contribution is 0.549. The first kappa shape index (κ1) is 14.2. The van der Waals surface area contributed by atoms with E-state index in [1.165, 1.54) is 0 Å². The van der Waals surface area contributed by atoms with Crippen molar-refractivity contribution in [2.45, 2.75) is 46.1 Å². The Morgan fingerprint density at radius 3 is 2.65 bits per heavy atom. The minimum Gasteiger partial charge on any atom is -0.270 e. The fraction of sp³-hybridized carbons (Fsp3) is 0.750. The second kappa shape index (κ2) is 6.79. The van der Waals surface area contributed by atoms with Crippen LogP contribution >= 0.6 is 0 Å². The Labute approximate surface area is 104 Å². The van der Waals surface area contributed by atoms with Gasteiger partial charge in [0.15, 0.2) is 9.84 Å². The molecule has 1 aromatic rings. The molecule has 17 heavy (non-hydrogen) atoms. The minimum absolute atomic E-state index is 0.235. The van der Waals surface area contributed by atoms with Gasteiger partial charge in [0.1, 0.15) is 0 Å². The molecular formula is C12H22N2O2S. The van der Waals surface area contributed by atoms with Gasteiger partial charge in [-0.15, -0.1) is 0 Å². The number of aryl methyl sites for hydroxylation is 2. The number of hydrogen-bond acceptors (Lipinski definition) is 3. The Morgan fingerprint density at radius 1 is 1.24 bits per heavy atom. The lowest BCUT2D eigenvalue weighted by Crippen LogP contribution is -2.15.